The van der Waals surface area contributed by atoms with Crippen molar-refractivity contribution in [3.05, 3.63) is 22.4 Å². The Morgan fingerprint density at radius 2 is 2.24 bits per heavy atom. The van der Waals surface area contributed by atoms with Gasteiger partial charge in [-0.25, -0.2) is 0 Å². The molecular weight excluding hydrogens is 234 g/mol. The molecule has 0 aliphatic heterocycles. The molecule has 1 unspecified atom stereocenters. The minimum atomic E-state index is 0.510. The van der Waals surface area contributed by atoms with Gasteiger partial charge in [0.15, 0.2) is 0 Å². The summed E-state index contributed by atoms with van der Waals surface area (Å²) in [5.41, 5.74) is 0. The van der Waals surface area contributed by atoms with E-state index in [4.69, 9.17) is 9.47 Å². The van der Waals surface area contributed by atoms with Crippen molar-refractivity contribution in [3.63, 3.8) is 0 Å². The van der Waals surface area contributed by atoms with Gasteiger partial charge in [0.25, 0.3) is 0 Å². The van der Waals surface area contributed by atoms with Crippen molar-refractivity contribution in [3.8, 4) is 0 Å². The summed E-state index contributed by atoms with van der Waals surface area (Å²) in [5, 5.41) is 5.59. The highest BCUT2D eigenvalue weighted by atomic mass is 32.1. The Morgan fingerprint density at radius 1 is 1.35 bits per heavy atom. The number of methoxy groups -OCH3 is 1. The molecule has 4 heteroatoms. The van der Waals surface area contributed by atoms with E-state index < -0.39 is 0 Å². The Bertz CT molecular complexity index is 264. The van der Waals surface area contributed by atoms with E-state index in [0.29, 0.717) is 6.04 Å². The van der Waals surface area contributed by atoms with Crippen LogP contribution in [0.3, 0.4) is 0 Å². The lowest BCUT2D eigenvalue weighted by Gasteiger charge is -2.12. The van der Waals surface area contributed by atoms with Crippen LogP contribution in [0.25, 0.3) is 0 Å². The molecule has 0 saturated heterocycles. The number of rotatable bonds is 10. The fourth-order valence-electron chi connectivity index (χ4n) is 1.59. The van der Waals surface area contributed by atoms with Gasteiger partial charge >= 0.3 is 0 Å². The van der Waals surface area contributed by atoms with Crippen LogP contribution in [0.5, 0.6) is 0 Å². The SMILES string of the molecule is COCCCOCCNC(C)Cc1cccs1. The molecule has 0 spiro atoms. The molecule has 1 atom stereocenters. The number of nitrogens with one attached hydrogen (secondary N) is 1. The second kappa shape index (κ2) is 9.59. The first-order chi connectivity index (χ1) is 8.33. The number of ether oxygens (including phenoxy) is 2. The molecule has 1 aromatic rings. The zero-order valence-electron chi connectivity index (χ0n) is 10.8. The summed E-state index contributed by atoms with van der Waals surface area (Å²) in [4.78, 5) is 1.44. The van der Waals surface area contributed by atoms with Gasteiger partial charge in [-0.2, -0.15) is 0 Å². The van der Waals surface area contributed by atoms with Gasteiger partial charge in [-0.15, -0.1) is 11.3 Å². The van der Waals surface area contributed by atoms with Gasteiger partial charge in [-0.1, -0.05) is 6.07 Å². The third-order valence-electron chi connectivity index (χ3n) is 2.46. The summed E-state index contributed by atoms with van der Waals surface area (Å²) >= 11 is 1.82. The van der Waals surface area contributed by atoms with Gasteiger partial charge in [0.2, 0.25) is 0 Å². The van der Waals surface area contributed by atoms with Crippen LogP contribution in [0.4, 0.5) is 0 Å². The monoisotopic (exact) mass is 257 g/mol. The van der Waals surface area contributed by atoms with Crippen LogP contribution >= 0.6 is 11.3 Å². The van der Waals surface area contributed by atoms with Crippen molar-refractivity contribution >= 4 is 11.3 Å². The Balaban J connectivity index is 1.92. The fraction of sp³-hybridized carbons (Fsp3) is 0.692. The first-order valence-corrected chi connectivity index (χ1v) is 7.03. The Morgan fingerprint density at radius 3 is 2.94 bits per heavy atom. The van der Waals surface area contributed by atoms with E-state index in [1.165, 1.54) is 4.88 Å². The van der Waals surface area contributed by atoms with Crippen LogP contribution in [-0.2, 0) is 15.9 Å². The molecule has 0 aliphatic rings. The second-order valence-corrected chi connectivity index (χ2v) is 5.13. The molecule has 17 heavy (non-hydrogen) atoms. The van der Waals surface area contributed by atoms with Gasteiger partial charge in [-0.3, -0.25) is 0 Å². The second-order valence-electron chi connectivity index (χ2n) is 4.10. The molecule has 0 aliphatic carbocycles. The van der Waals surface area contributed by atoms with Gasteiger partial charge in [0, 0.05) is 37.8 Å². The highest BCUT2D eigenvalue weighted by molar-refractivity contribution is 7.09. The zero-order valence-corrected chi connectivity index (χ0v) is 11.6. The molecular formula is C13H23NO2S. The topological polar surface area (TPSA) is 30.5 Å². The first kappa shape index (κ1) is 14.6. The van der Waals surface area contributed by atoms with Crippen molar-refractivity contribution in [2.45, 2.75) is 25.8 Å². The van der Waals surface area contributed by atoms with Crippen LogP contribution in [0.15, 0.2) is 17.5 Å². The highest BCUT2D eigenvalue weighted by Gasteiger charge is 2.02. The Hall–Kier alpha value is -0.420. The van der Waals surface area contributed by atoms with E-state index in [1.807, 2.05) is 11.3 Å². The van der Waals surface area contributed by atoms with Crippen LogP contribution in [-0.4, -0.2) is 39.5 Å². The summed E-state index contributed by atoms with van der Waals surface area (Å²) in [6.45, 7) is 5.47. The predicted octanol–water partition coefficient (Wildman–Crippen LogP) is 2.32. The van der Waals surface area contributed by atoms with Crippen LogP contribution < -0.4 is 5.32 Å². The Labute approximate surface area is 108 Å². The summed E-state index contributed by atoms with van der Waals surface area (Å²) in [5.74, 6) is 0. The maximum atomic E-state index is 5.48. The van der Waals surface area contributed by atoms with Crippen LogP contribution in [0.1, 0.15) is 18.2 Å². The largest absolute Gasteiger partial charge is 0.385 e. The quantitative estimate of drug-likeness (QED) is 0.653. The summed E-state index contributed by atoms with van der Waals surface area (Å²) in [6, 6.07) is 4.80. The van der Waals surface area contributed by atoms with Crippen molar-refractivity contribution in [1.82, 2.24) is 5.32 Å². The number of hydrogen-bond acceptors (Lipinski definition) is 4. The molecule has 98 valence electrons. The van der Waals surface area contributed by atoms with Crippen molar-refractivity contribution in [2.24, 2.45) is 0 Å². The van der Waals surface area contributed by atoms with Crippen molar-refractivity contribution < 1.29 is 9.47 Å². The van der Waals surface area contributed by atoms with E-state index in [1.54, 1.807) is 7.11 Å². The predicted molar refractivity (Wildman–Crippen MR) is 72.8 cm³/mol. The van der Waals surface area contributed by atoms with E-state index in [-0.39, 0.29) is 0 Å². The Kier molecular flexibility index (Phi) is 8.26. The maximum Gasteiger partial charge on any atom is 0.0591 e. The van der Waals surface area contributed by atoms with Crippen LogP contribution in [0, 0.1) is 0 Å². The average molecular weight is 257 g/mol. The average Bonchev–Trinajstić information content (AvgIpc) is 2.80. The number of thiophene rings is 1. The maximum absolute atomic E-state index is 5.48. The molecule has 0 amide bonds. The molecule has 1 N–H and O–H groups in total. The van der Waals surface area contributed by atoms with Crippen molar-refractivity contribution in [2.75, 3.05) is 33.5 Å². The standard InChI is InChI=1S/C13H23NO2S/c1-12(11-13-5-3-10-17-13)14-6-9-16-8-4-7-15-2/h3,5,10,12,14H,4,6-9,11H2,1-2H3. The van der Waals surface area contributed by atoms with Gasteiger partial charge in [0.05, 0.1) is 6.61 Å². The summed E-state index contributed by atoms with van der Waals surface area (Å²) in [7, 11) is 1.72. The smallest absolute Gasteiger partial charge is 0.0591 e. The minimum absolute atomic E-state index is 0.510. The van der Waals surface area contributed by atoms with Gasteiger partial charge in [0.1, 0.15) is 0 Å². The molecule has 0 radical (unpaired) electrons. The first-order valence-electron chi connectivity index (χ1n) is 6.15. The molecule has 0 bridgehead atoms. The zero-order chi connectivity index (χ0) is 12.3. The molecule has 1 rings (SSSR count). The number of hydrogen-bond donors (Lipinski definition) is 1. The fourth-order valence-corrected chi connectivity index (χ4v) is 2.42. The van der Waals surface area contributed by atoms with Crippen LogP contribution in [0.2, 0.25) is 0 Å². The molecule has 0 aromatic carbocycles. The third kappa shape index (κ3) is 7.49. The van der Waals surface area contributed by atoms with Gasteiger partial charge < -0.3 is 14.8 Å². The van der Waals surface area contributed by atoms with Gasteiger partial charge in [-0.05, 0) is 31.2 Å². The van der Waals surface area contributed by atoms with E-state index in [2.05, 4.69) is 29.8 Å². The van der Waals surface area contributed by atoms with E-state index >= 15 is 0 Å². The highest BCUT2D eigenvalue weighted by Crippen LogP contribution is 2.10. The summed E-state index contributed by atoms with van der Waals surface area (Å²) < 4.78 is 10.4. The lowest BCUT2D eigenvalue weighted by molar-refractivity contribution is 0.103. The molecule has 3 nitrogen and oxygen atoms in total. The van der Waals surface area contributed by atoms with Crippen molar-refractivity contribution in [1.29, 1.82) is 0 Å². The van der Waals surface area contributed by atoms with E-state index in [9.17, 15) is 0 Å². The summed E-state index contributed by atoms with van der Waals surface area (Å²) in [6.07, 6.45) is 2.07. The normalized spacial score (nSPS) is 12.8. The van der Waals surface area contributed by atoms with E-state index in [0.717, 1.165) is 39.2 Å². The molecule has 0 saturated carbocycles. The molecule has 1 heterocycles. The molecule has 1 aromatic heterocycles. The minimum Gasteiger partial charge on any atom is -0.385 e. The molecule has 0 fully saturated rings. The third-order valence-corrected chi connectivity index (χ3v) is 3.36. The lowest BCUT2D eigenvalue weighted by atomic mass is 10.2. The lowest BCUT2D eigenvalue weighted by Crippen LogP contribution is -2.31.